The maximum Gasteiger partial charge on any atom is 0.255 e. The molecule has 12 heavy (non-hydrogen) atoms. The maximum absolute atomic E-state index is 11.7. The summed E-state index contributed by atoms with van der Waals surface area (Å²) in [5.41, 5.74) is -0.608. The highest BCUT2D eigenvalue weighted by Gasteiger charge is 2.42. The van der Waals surface area contributed by atoms with Crippen molar-refractivity contribution in [1.82, 2.24) is 10.2 Å². The van der Waals surface area contributed by atoms with Crippen molar-refractivity contribution in [2.45, 2.75) is 12.0 Å². The Labute approximate surface area is 72.9 Å². The van der Waals surface area contributed by atoms with Crippen molar-refractivity contribution < 1.29 is 9.53 Å². The molecule has 1 fully saturated rings. The van der Waals surface area contributed by atoms with Crippen LogP contribution in [0.3, 0.4) is 0 Å². The van der Waals surface area contributed by atoms with Crippen molar-refractivity contribution in [3.8, 4) is 0 Å². The van der Waals surface area contributed by atoms with Gasteiger partial charge >= 0.3 is 0 Å². The first-order valence-electron chi connectivity index (χ1n) is 4.10. The van der Waals surface area contributed by atoms with E-state index in [9.17, 15) is 4.79 Å². The number of rotatable bonds is 2. The molecule has 0 aromatic carbocycles. The lowest BCUT2D eigenvalue weighted by Gasteiger charge is -2.28. The summed E-state index contributed by atoms with van der Waals surface area (Å²) in [5.74, 6) is 0.0509. The predicted octanol–water partition coefficient (Wildman–Crippen LogP) is -0.547. The van der Waals surface area contributed by atoms with Gasteiger partial charge in [-0.05, 0) is 13.0 Å². The van der Waals surface area contributed by atoms with E-state index < -0.39 is 5.60 Å². The van der Waals surface area contributed by atoms with E-state index in [0.717, 1.165) is 13.0 Å². The molecule has 0 aliphatic carbocycles. The van der Waals surface area contributed by atoms with E-state index in [0.29, 0.717) is 6.54 Å². The molecule has 1 N–H and O–H groups in total. The molecule has 0 aromatic heterocycles. The molecule has 4 heteroatoms. The fourth-order valence-corrected chi connectivity index (χ4v) is 1.52. The van der Waals surface area contributed by atoms with Gasteiger partial charge in [0.15, 0.2) is 5.60 Å². The van der Waals surface area contributed by atoms with Crippen LogP contribution < -0.4 is 5.32 Å². The van der Waals surface area contributed by atoms with Gasteiger partial charge in [0.2, 0.25) is 0 Å². The van der Waals surface area contributed by atoms with Crippen molar-refractivity contribution in [1.29, 1.82) is 0 Å². The molecule has 1 amide bonds. The second-order valence-electron chi connectivity index (χ2n) is 3.32. The lowest BCUT2D eigenvalue weighted by molar-refractivity contribution is -0.149. The van der Waals surface area contributed by atoms with Gasteiger partial charge in [-0.3, -0.25) is 4.79 Å². The summed E-state index contributed by atoms with van der Waals surface area (Å²) >= 11 is 0. The first-order valence-corrected chi connectivity index (χ1v) is 4.10. The third-order valence-corrected chi connectivity index (χ3v) is 2.30. The van der Waals surface area contributed by atoms with Crippen LogP contribution in [0.5, 0.6) is 0 Å². The zero-order valence-electron chi connectivity index (χ0n) is 7.89. The molecular weight excluding hydrogens is 156 g/mol. The Morgan fingerprint density at radius 3 is 2.58 bits per heavy atom. The Kier molecular flexibility index (Phi) is 2.69. The minimum atomic E-state index is -0.608. The minimum Gasteiger partial charge on any atom is -0.367 e. The largest absolute Gasteiger partial charge is 0.367 e. The van der Waals surface area contributed by atoms with Crippen LogP contribution in [-0.4, -0.2) is 50.7 Å². The Morgan fingerprint density at radius 1 is 1.58 bits per heavy atom. The quantitative estimate of drug-likeness (QED) is 0.608. The first-order chi connectivity index (χ1) is 5.62. The fraction of sp³-hybridized carbons (Fsp3) is 0.875. The van der Waals surface area contributed by atoms with Gasteiger partial charge in [0.05, 0.1) is 0 Å². The van der Waals surface area contributed by atoms with Crippen molar-refractivity contribution in [3.63, 3.8) is 0 Å². The number of carbonyl (C=O) groups is 1. The molecule has 1 unspecified atom stereocenters. The van der Waals surface area contributed by atoms with Gasteiger partial charge < -0.3 is 15.0 Å². The number of likely N-dealkylation sites (N-methyl/N-ethyl adjacent to an activating group) is 1. The molecule has 1 heterocycles. The smallest absolute Gasteiger partial charge is 0.255 e. The van der Waals surface area contributed by atoms with Gasteiger partial charge in [-0.2, -0.15) is 0 Å². The number of amides is 1. The molecule has 0 spiro atoms. The fourth-order valence-electron chi connectivity index (χ4n) is 1.52. The number of hydrogen-bond donors (Lipinski definition) is 1. The van der Waals surface area contributed by atoms with E-state index in [2.05, 4.69) is 5.32 Å². The molecule has 1 atom stereocenters. The normalized spacial score (nSPS) is 28.9. The maximum atomic E-state index is 11.7. The minimum absolute atomic E-state index is 0.0509. The van der Waals surface area contributed by atoms with Gasteiger partial charge in [0.1, 0.15) is 0 Å². The van der Waals surface area contributed by atoms with Gasteiger partial charge in [0, 0.05) is 27.7 Å². The zero-order chi connectivity index (χ0) is 9.19. The summed E-state index contributed by atoms with van der Waals surface area (Å²) in [5, 5.41) is 3.13. The lowest BCUT2D eigenvalue weighted by atomic mass is 10.0. The average molecular weight is 172 g/mol. The molecule has 0 bridgehead atoms. The number of nitrogens with one attached hydrogen (secondary N) is 1. The van der Waals surface area contributed by atoms with Gasteiger partial charge in [-0.1, -0.05) is 0 Å². The summed E-state index contributed by atoms with van der Waals surface area (Å²) in [6.07, 6.45) is 0.764. The molecule has 1 saturated heterocycles. The number of carbonyl (C=O) groups excluding carboxylic acids is 1. The molecule has 4 nitrogen and oxygen atoms in total. The Bertz CT molecular complexity index is 174. The SMILES string of the molecule is COC1(C(=O)N(C)C)CCNC1. The van der Waals surface area contributed by atoms with Gasteiger partial charge in [-0.15, -0.1) is 0 Å². The molecule has 1 aliphatic rings. The average Bonchev–Trinajstić information content (AvgIpc) is 2.52. The summed E-state index contributed by atoms with van der Waals surface area (Å²) in [4.78, 5) is 13.2. The van der Waals surface area contributed by atoms with E-state index in [4.69, 9.17) is 4.74 Å². The van der Waals surface area contributed by atoms with Crippen LogP contribution in [0.15, 0.2) is 0 Å². The summed E-state index contributed by atoms with van der Waals surface area (Å²) in [7, 11) is 5.09. The molecular formula is C8H16N2O2. The molecule has 1 rings (SSSR count). The van der Waals surface area contributed by atoms with Gasteiger partial charge in [0.25, 0.3) is 5.91 Å². The van der Waals surface area contributed by atoms with E-state index in [-0.39, 0.29) is 5.91 Å². The lowest BCUT2D eigenvalue weighted by Crippen LogP contribution is -2.49. The Hall–Kier alpha value is -0.610. The van der Waals surface area contributed by atoms with Crippen molar-refractivity contribution in [2.75, 3.05) is 34.3 Å². The van der Waals surface area contributed by atoms with Crippen molar-refractivity contribution >= 4 is 5.91 Å². The topological polar surface area (TPSA) is 41.6 Å². The molecule has 0 radical (unpaired) electrons. The van der Waals surface area contributed by atoms with E-state index in [1.54, 1.807) is 26.1 Å². The molecule has 0 saturated carbocycles. The van der Waals surface area contributed by atoms with Crippen molar-refractivity contribution in [3.05, 3.63) is 0 Å². The van der Waals surface area contributed by atoms with E-state index in [1.807, 2.05) is 0 Å². The molecule has 0 aromatic rings. The van der Waals surface area contributed by atoms with Crippen LogP contribution in [0.1, 0.15) is 6.42 Å². The zero-order valence-corrected chi connectivity index (χ0v) is 7.89. The number of methoxy groups -OCH3 is 1. The highest BCUT2D eigenvalue weighted by molar-refractivity contribution is 5.85. The second kappa shape index (κ2) is 3.41. The van der Waals surface area contributed by atoms with Crippen LogP contribution in [0.4, 0.5) is 0 Å². The Morgan fingerprint density at radius 2 is 2.25 bits per heavy atom. The molecule has 1 aliphatic heterocycles. The van der Waals surface area contributed by atoms with E-state index >= 15 is 0 Å². The number of hydrogen-bond acceptors (Lipinski definition) is 3. The highest BCUT2D eigenvalue weighted by atomic mass is 16.5. The van der Waals surface area contributed by atoms with Crippen LogP contribution in [0.2, 0.25) is 0 Å². The van der Waals surface area contributed by atoms with E-state index in [1.165, 1.54) is 0 Å². The predicted molar refractivity (Wildman–Crippen MR) is 45.9 cm³/mol. The Balaban J connectivity index is 2.72. The third-order valence-electron chi connectivity index (χ3n) is 2.30. The highest BCUT2D eigenvalue weighted by Crippen LogP contribution is 2.20. The second-order valence-corrected chi connectivity index (χ2v) is 3.32. The third kappa shape index (κ3) is 1.44. The van der Waals surface area contributed by atoms with Crippen molar-refractivity contribution in [2.24, 2.45) is 0 Å². The number of nitrogens with zero attached hydrogens (tertiary/aromatic N) is 1. The van der Waals surface area contributed by atoms with Crippen LogP contribution in [-0.2, 0) is 9.53 Å². The van der Waals surface area contributed by atoms with Crippen LogP contribution in [0, 0.1) is 0 Å². The summed E-state index contributed by atoms with van der Waals surface area (Å²) < 4.78 is 5.27. The van der Waals surface area contributed by atoms with Crippen LogP contribution in [0.25, 0.3) is 0 Å². The number of ether oxygens (including phenoxy) is 1. The molecule has 70 valence electrons. The monoisotopic (exact) mass is 172 g/mol. The summed E-state index contributed by atoms with van der Waals surface area (Å²) in [6.45, 7) is 1.48. The first kappa shape index (κ1) is 9.48. The summed E-state index contributed by atoms with van der Waals surface area (Å²) in [6, 6.07) is 0. The standard InChI is InChI=1S/C8H16N2O2/c1-10(2)7(11)8(12-3)4-5-9-6-8/h9H,4-6H2,1-3H3. The van der Waals surface area contributed by atoms with Crippen LogP contribution >= 0.6 is 0 Å². The van der Waals surface area contributed by atoms with Gasteiger partial charge in [-0.25, -0.2) is 0 Å².